The van der Waals surface area contributed by atoms with Gasteiger partial charge in [0, 0.05) is 5.39 Å². The zero-order valence-electron chi connectivity index (χ0n) is 7.80. The maximum atomic E-state index is 5.63. The summed E-state index contributed by atoms with van der Waals surface area (Å²) >= 11 is 5.63. The lowest BCUT2D eigenvalue weighted by molar-refractivity contribution is 1.01. The van der Waals surface area contributed by atoms with Gasteiger partial charge in [-0.2, -0.15) is 5.10 Å². The van der Waals surface area contributed by atoms with Crippen LogP contribution in [0, 0.1) is 6.92 Å². The predicted octanol–water partition coefficient (Wildman–Crippen LogP) is 2.34. The highest BCUT2D eigenvalue weighted by Gasteiger charge is 2.02. The average Bonchev–Trinajstić information content (AvgIpc) is 2.52. The molecule has 1 N–H and O–H groups in total. The Morgan fingerprint density at radius 3 is 2.69 bits per heavy atom. The van der Waals surface area contributed by atoms with E-state index in [0.717, 1.165) is 11.1 Å². The van der Waals surface area contributed by atoms with Gasteiger partial charge in [-0.05, 0) is 13.0 Å². The minimum absolute atomic E-state index is 0.391. The fourth-order valence-electron chi connectivity index (χ4n) is 0.923. The van der Waals surface area contributed by atoms with Crippen molar-refractivity contribution in [2.24, 2.45) is 0 Å². The Bertz CT molecular complexity index is 396. The van der Waals surface area contributed by atoms with Crippen LogP contribution in [0.2, 0.25) is 5.15 Å². The molecule has 2 aromatic heterocycles. The normalized spacial score (nSPS) is 9.54. The molecule has 13 heavy (non-hydrogen) atoms. The van der Waals surface area contributed by atoms with E-state index >= 15 is 0 Å². The predicted molar refractivity (Wildman–Crippen MR) is 52.8 cm³/mol. The third-order valence-electron chi connectivity index (χ3n) is 1.48. The molecule has 2 aromatic rings. The molecule has 4 nitrogen and oxygen atoms in total. The second-order valence-electron chi connectivity index (χ2n) is 2.24. The molecule has 0 aliphatic rings. The topological polar surface area (TPSA) is 54.5 Å². The number of nitrogens with zero attached hydrogens (tertiary/aromatic N) is 3. The van der Waals surface area contributed by atoms with Crippen LogP contribution < -0.4 is 0 Å². The lowest BCUT2D eigenvalue weighted by atomic mass is 10.3. The highest BCUT2D eigenvalue weighted by atomic mass is 35.5. The zero-order chi connectivity index (χ0) is 9.84. The largest absolute Gasteiger partial charge is 0.259 e. The molecule has 0 unspecified atom stereocenters. The first kappa shape index (κ1) is 9.92. The van der Waals surface area contributed by atoms with Crippen molar-refractivity contribution < 1.29 is 0 Å². The summed E-state index contributed by atoms with van der Waals surface area (Å²) in [6.07, 6.45) is 0. The Kier molecular flexibility index (Phi) is 3.19. The van der Waals surface area contributed by atoms with Crippen molar-refractivity contribution in [3.8, 4) is 0 Å². The van der Waals surface area contributed by atoms with Crippen LogP contribution in [0.25, 0.3) is 11.0 Å². The van der Waals surface area contributed by atoms with E-state index in [4.69, 9.17) is 11.6 Å². The molecular formula is C8H11ClN4. The lowest BCUT2D eigenvalue weighted by Gasteiger charge is -1.87. The zero-order valence-corrected chi connectivity index (χ0v) is 8.55. The minimum Gasteiger partial charge on any atom is -0.259 e. The SMILES string of the molecule is CC.Cc1n[nH]c2nnc(Cl)cc12. The molecule has 5 heteroatoms. The van der Waals surface area contributed by atoms with E-state index in [1.165, 1.54) is 0 Å². The van der Waals surface area contributed by atoms with Crippen LogP contribution in [-0.4, -0.2) is 20.4 Å². The summed E-state index contributed by atoms with van der Waals surface area (Å²) in [6, 6.07) is 1.74. The minimum atomic E-state index is 0.391. The summed E-state index contributed by atoms with van der Waals surface area (Å²) in [5.74, 6) is 0. The van der Waals surface area contributed by atoms with Gasteiger partial charge in [0.25, 0.3) is 0 Å². The second kappa shape index (κ2) is 4.18. The molecule has 70 valence electrons. The van der Waals surface area contributed by atoms with Gasteiger partial charge in [0.2, 0.25) is 0 Å². The first-order valence-electron chi connectivity index (χ1n) is 4.11. The molecule has 0 saturated carbocycles. The highest BCUT2D eigenvalue weighted by Crippen LogP contribution is 2.14. The quantitative estimate of drug-likeness (QED) is 0.707. The van der Waals surface area contributed by atoms with E-state index in [1.807, 2.05) is 20.8 Å². The standard InChI is InChI=1S/C6H5ClN4.C2H6/c1-3-4-2-5(7)9-11-6(4)10-8-3;1-2/h2H,1H3,(H,8,10,11);1-2H3. The van der Waals surface area contributed by atoms with Crippen LogP contribution in [-0.2, 0) is 0 Å². The van der Waals surface area contributed by atoms with Gasteiger partial charge in [-0.3, -0.25) is 5.10 Å². The van der Waals surface area contributed by atoms with Crippen molar-refractivity contribution in [2.75, 3.05) is 0 Å². The van der Waals surface area contributed by atoms with Gasteiger partial charge in [-0.25, -0.2) is 0 Å². The molecule has 0 fully saturated rings. The Balaban J connectivity index is 0.000000396. The molecular weight excluding hydrogens is 188 g/mol. The van der Waals surface area contributed by atoms with E-state index in [1.54, 1.807) is 6.07 Å². The first-order chi connectivity index (χ1) is 6.27. The van der Waals surface area contributed by atoms with Gasteiger partial charge in [0.05, 0.1) is 5.69 Å². The van der Waals surface area contributed by atoms with Crippen LogP contribution >= 0.6 is 11.6 Å². The summed E-state index contributed by atoms with van der Waals surface area (Å²) in [4.78, 5) is 0. The van der Waals surface area contributed by atoms with Crippen LogP contribution in [0.4, 0.5) is 0 Å². The Labute approximate surface area is 81.3 Å². The molecule has 2 rings (SSSR count). The van der Waals surface area contributed by atoms with Crippen molar-refractivity contribution in [3.05, 3.63) is 16.9 Å². The number of hydrogen-bond acceptors (Lipinski definition) is 3. The van der Waals surface area contributed by atoms with Gasteiger partial charge >= 0.3 is 0 Å². The van der Waals surface area contributed by atoms with Crippen molar-refractivity contribution in [1.29, 1.82) is 0 Å². The van der Waals surface area contributed by atoms with E-state index in [0.29, 0.717) is 10.8 Å². The molecule has 0 spiro atoms. The summed E-state index contributed by atoms with van der Waals surface area (Å²) in [5, 5.41) is 15.5. The fraction of sp³-hybridized carbons (Fsp3) is 0.375. The molecule has 0 bridgehead atoms. The number of aryl methyl sites for hydroxylation is 1. The molecule has 0 amide bonds. The summed E-state index contributed by atoms with van der Waals surface area (Å²) < 4.78 is 0. The van der Waals surface area contributed by atoms with E-state index in [2.05, 4.69) is 20.4 Å². The number of hydrogen-bond donors (Lipinski definition) is 1. The van der Waals surface area contributed by atoms with E-state index in [9.17, 15) is 0 Å². The molecule has 0 aliphatic heterocycles. The van der Waals surface area contributed by atoms with Crippen molar-refractivity contribution >= 4 is 22.6 Å². The first-order valence-corrected chi connectivity index (χ1v) is 4.49. The van der Waals surface area contributed by atoms with Gasteiger partial charge in [-0.15, -0.1) is 10.2 Å². The van der Waals surface area contributed by atoms with Crippen LogP contribution in [0.5, 0.6) is 0 Å². The summed E-state index contributed by atoms with van der Waals surface area (Å²) in [6.45, 7) is 5.89. The van der Waals surface area contributed by atoms with Crippen molar-refractivity contribution in [2.45, 2.75) is 20.8 Å². The van der Waals surface area contributed by atoms with Crippen LogP contribution in [0.3, 0.4) is 0 Å². The third kappa shape index (κ3) is 1.95. The number of nitrogens with one attached hydrogen (secondary N) is 1. The Morgan fingerprint density at radius 2 is 2.00 bits per heavy atom. The molecule has 0 atom stereocenters. The number of halogens is 1. The molecule has 0 saturated heterocycles. The maximum Gasteiger partial charge on any atom is 0.178 e. The van der Waals surface area contributed by atoms with Crippen LogP contribution in [0.1, 0.15) is 19.5 Å². The number of rotatable bonds is 0. The molecule has 0 radical (unpaired) electrons. The van der Waals surface area contributed by atoms with Crippen molar-refractivity contribution in [1.82, 2.24) is 20.4 Å². The molecule has 0 aromatic carbocycles. The number of fused-ring (bicyclic) bond motifs is 1. The summed E-state index contributed by atoms with van der Waals surface area (Å²) in [5.41, 5.74) is 1.56. The second-order valence-corrected chi connectivity index (χ2v) is 2.63. The average molecular weight is 199 g/mol. The number of aromatic amines is 1. The number of H-pyrrole nitrogens is 1. The van der Waals surface area contributed by atoms with Gasteiger partial charge < -0.3 is 0 Å². The van der Waals surface area contributed by atoms with Gasteiger partial charge in [-0.1, -0.05) is 25.4 Å². The summed E-state index contributed by atoms with van der Waals surface area (Å²) in [7, 11) is 0. The third-order valence-corrected chi connectivity index (χ3v) is 1.67. The lowest BCUT2D eigenvalue weighted by Crippen LogP contribution is -1.82. The van der Waals surface area contributed by atoms with E-state index in [-0.39, 0.29) is 0 Å². The van der Waals surface area contributed by atoms with Crippen molar-refractivity contribution in [3.63, 3.8) is 0 Å². The molecule has 0 aliphatic carbocycles. The van der Waals surface area contributed by atoms with Crippen LogP contribution in [0.15, 0.2) is 6.07 Å². The maximum absolute atomic E-state index is 5.63. The van der Waals surface area contributed by atoms with E-state index < -0.39 is 0 Å². The number of aromatic nitrogens is 4. The van der Waals surface area contributed by atoms with Gasteiger partial charge in [0.1, 0.15) is 0 Å². The van der Waals surface area contributed by atoms with Gasteiger partial charge in [0.15, 0.2) is 10.8 Å². The Morgan fingerprint density at radius 1 is 1.31 bits per heavy atom. The monoisotopic (exact) mass is 198 g/mol. The molecule has 2 heterocycles. The Hall–Kier alpha value is -1.16. The smallest absolute Gasteiger partial charge is 0.178 e. The fourth-order valence-corrected chi connectivity index (χ4v) is 1.07. The highest BCUT2D eigenvalue weighted by molar-refractivity contribution is 6.29.